The molecule has 3 amide bonds. The van der Waals surface area contributed by atoms with Crippen molar-refractivity contribution in [2.75, 3.05) is 23.8 Å². The number of hydrogen-bond acceptors (Lipinski definition) is 7. The lowest BCUT2D eigenvalue weighted by Crippen LogP contribution is -2.57. The van der Waals surface area contributed by atoms with Gasteiger partial charge in [0, 0.05) is 17.9 Å². The predicted octanol–water partition coefficient (Wildman–Crippen LogP) is 4.20. The lowest BCUT2D eigenvalue weighted by atomic mass is 9.92. The molecule has 2 unspecified atom stereocenters. The van der Waals surface area contributed by atoms with Crippen molar-refractivity contribution in [1.29, 1.82) is 0 Å². The van der Waals surface area contributed by atoms with Gasteiger partial charge in [0.1, 0.15) is 28.7 Å². The van der Waals surface area contributed by atoms with Crippen molar-refractivity contribution in [2.45, 2.75) is 29.9 Å². The highest BCUT2D eigenvalue weighted by Crippen LogP contribution is 2.46. The van der Waals surface area contributed by atoms with Crippen LogP contribution in [0.25, 0.3) is 0 Å². The van der Waals surface area contributed by atoms with E-state index in [1.807, 2.05) is 0 Å². The molecule has 1 fully saturated rings. The van der Waals surface area contributed by atoms with Gasteiger partial charge in [0.05, 0.1) is 18.7 Å². The average molecular weight is 690 g/mol. The SMILES string of the molecule is O=C(COc1ccc(C2[C@@H](SCC(O)c3ccc(F)cc3)C(=O)N2c2ccc(F)cc2)cc1)NCC(=O)N[C@H](Cc1ccccc1)C(=O)O. The summed E-state index contributed by atoms with van der Waals surface area (Å²) in [6.07, 6.45) is -0.844. The first-order chi connectivity index (χ1) is 23.6. The molecule has 0 aromatic heterocycles. The number of nitrogens with zero attached hydrogens (tertiary/aromatic N) is 1. The second-order valence-electron chi connectivity index (χ2n) is 11.2. The molecule has 1 aliphatic heterocycles. The minimum atomic E-state index is -1.20. The first kappa shape index (κ1) is 35.0. The zero-order chi connectivity index (χ0) is 34.9. The summed E-state index contributed by atoms with van der Waals surface area (Å²) in [6.45, 7) is -0.855. The van der Waals surface area contributed by atoms with Crippen molar-refractivity contribution >= 4 is 41.1 Å². The highest BCUT2D eigenvalue weighted by molar-refractivity contribution is 8.00. The van der Waals surface area contributed by atoms with Crippen LogP contribution in [0, 0.1) is 11.6 Å². The maximum atomic E-state index is 13.6. The number of anilines is 1. The Kier molecular flexibility index (Phi) is 11.6. The highest BCUT2D eigenvalue weighted by atomic mass is 32.2. The van der Waals surface area contributed by atoms with E-state index in [2.05, 4.69) is 10.6 Å². The second-order valence-corrected chi connectivity index (χ2v) is 12.4. The Hall–Kier alpha value is -5.27. The van der Waals surface area contributed by atoms with Crippen molar-refractivity contribution < 1.29 is 42.9 Å². The zero-order valence-corrected chi connectivity index (χ0v) is 26.8. The van der Waals surface area contributed by atoms with Crippen LogP contribution in [0.5, 0.6) is 5.75 Å². The van der Waals surface area contributed by atoms with Crippen LogP contribution in [0.2, 0.25) is 0 Å². The highest BCUT2D eigenvalue weighted by Gasteiger charge is 2.49. The van der Waals surface area contributed by atoms with E-state index in [1.165, 1.54) is 60.3 Å². The minimum Gasteiger partial charge on any atom is -0.484 e. The summed E-state index contributed by atoms with van der Waals surface area (Å²) in [5, 5.41) is 24.4. The van der Waals surface area contributed by atoms with E-state index in [4.69, 9.17) is 4.74 Å². The number of carboxylic acids is 1. The van der Waals surface area contributed by atoms with E-state index in [0.29, 0.717) is 17.0 Å². The lowest BCUT2D eigenvalue weighted by molar-refractivity contribution is -0.141. The van der Waals surface area contributed by atoms with Gasteiger partial charge in [0.25, 0.3) is 5.91 Å². The quantitative estimate of drug-likeness (QED) is 0.136. The second kappa shape index (κ2) is 16.2. The van der Waals surface area contributed by atoms with Gasteiger partial charge in [-0.1, -0.05) is 54.6 Å². The molecule has 4 N–H and O–H groups in total. The van der Waals surface area contributed by atoms with Crippen molar-refractivity contribution in [3.8, 4) is 5.75 Å². The lowest BCUT2D eigenvalue weighted by Gasteiger charge is -2.47. The van der Waals surface area contributed by atoms with Gasteiger partial charge in [-0.05, 0) is 65.2 Å². The van der Waals surface area contributed by atoms with E-state index < -0.39 is 66.0 Å². The third-order valence-corrected chi connectivity index (χ3v) is 9.12. The number of hydrogen-bond donors (Lipinski definition) is 4. The molecule has 4 aromatic rings. The Bertz CT molecular complexity index is 1760. The number of rotatable bonds is 15. The molecule has 254 valence electrons. The van der Waals surface area contributed by atoms with Crippen LogP contribution < -0.4 is 20.3 Å². The van der Waals surface area contributed by atoms with Crippen molar-refractivity contribution in [3.63, 3.8) is 0 Å². The third kappa shape index (κ3) is 9.21. The molecule has 1 heterocycles. The Balaban J connectivity index is 1.16. The molecule has 1 saturated heterocycles. The van der Waals surface area contributed by atoms with Crippen molar-refractivity contribution in [3.05, 3.63) is 131 Å². The number of ether oxygens (including phenoxy) is 1. The van der Waals surface area contributed by atoms with Crippen LogP contribution in [0.1, 0.15) is 28.8 Å². The number of halogens is 2. The molecular weight excluding hydrogens is 656 g/mol. The summed E-state index contributed by atoms with van der Waals surface area (Å²) in [7, 11) is 0. The molecular formula is C36H33F2N3O7S. The number of carbonyl (C=O) groups is 4. The molecule has 4 aromatic carbocycles. The van der Waals surface area contributed by atoms with Gasteiger partial charge >= 0.3 is 5.97 Å². The van der Waals surface area contributed by atoms with Crippen LogP contribution in [0.15, 0.2) is 103 Å². The summed E-state index contributed by atoms with van der Waals surface area (Å²) in [6, 6.07) is 25.0. The van der Waals surface area contributed by atoms with E-state index in [9.17, 15) is 38.2 Å². The number of carbonyl (C=O) groups excluding carboxylic acids is 3. The molecule has 5 rings (SSSR count). The first-order valence-electron chi connectivity index (χ1n) is 15.3. The van der Waals surface area contributed by atoms with Crippen LogP contribution >= 0.6 is 11.8 Å². The monoisotopic (exact) mass is 689 g/mol. The maximum absolute atomic E-state index is 13.6. The van der Waals surface area contributed by atoms with Gasteiger partial charge in [-0.3, -0.25) is 14.4 Å². The molecule has 0 radical (unpaired) electrons. The number of aliphatic carboxylic acids is 1. The Labute approximate surface area is 285 Å². The summed E-state index contributed by atoms with van der Waals surface area (Å²) < 4.78 is 32.5. The van der Waals surface area contributed by atoms with Crippen LogP contribution in [0.4, 0.5) is 14.5 Å². The standard InChI is InChI=1S/C36H33F2N3O7S/c37-25-10-6-23(7-11-25)30(42)21-49-34-33(41(35(34)45)27-14-12-26(38)13-15-27)24-8-16-28(17-9-24)48-20-32(44)39-19-31(43)40-29(36(46)47)18-22-4-2-1-3-5-22/h1-17,29-30,33-34,42H,18-21H2,(H,39,44)(H,40,43)(H,46,47)/t29-,30?,33?,34-/m1/s1. The van der Waals surface area contributed by atoms with Crippen LogP contribution in [-0.2, 0) is 25.6 Å². The summed E-state index contributed by atoms with van der Waals surface area (Å²) in [4.78, 5) is 51.1. The molecule has 10 nitrogen and oxygen atoms in total. The zero-order valence-electron chi connectivity index (χ0n) is 26.0. The van der Waals surface area contributed by atoms with Gasteiger partial charge in [-0.2, -0.15) is 0 Å². The number of carboxylic acid groups (broad SMARTS) is 1. The maximum Gasteiger partial charge on any atom is 0.326 e. The number of β-lactam (4-membered cyclic amide) rings is 1. The minimum absolute atomic E-state index is 0.0863. The van der Waals surface area contributed by atoms with Crippen molar-refractivity contribution in [1.82, 2.24) is 10.6 Å². The molecule has 0 bridgehead atoms. The van der Waals surface area contributed by atoms with E-state index in [-0.39, 0.29) is 18.1 Å². The number of amides is 3. The van der Waals surface area contributed by atoms with Gasteiger partial charge < -0.3 is 30.5 Å². The first-order valence-corrected chi connectivity index (χ1v) is 16.3. The molecule has 0 saturated carbocycles. The molecule has 0 spiro atoms. The van der Waals surface area contributed by atoms with E-state index in [1.54, 1.807) is 59.5 Å². The fourth-order valence-corrected chi connectivity index (χ4v) is 6.55. The number of benzene rings is 4. The molecule has 13 heteroatoms. The number of nitrogens with one attached hydrogen (secondary N) is 2. The fraction of sp³-hybridized carbons (Fsp3) is 0.222. The molecule has 1 aliphatic rings. The van der Waals surface area contributed by atoms with Crippen LogP contribution in [-0.4, -0.2) is 64.1 Å². The largest absolute Gasteiger partial charge is 0.484 e. The van der Waals surface area contributed by atoms with Gasteiger partial charge in [-0.15, -0.1) is 11.8 Å². The van der Waals surface area contributed by atoms with Gasteiger partial charge in [0.15, 0.2) is 6.61 Å². The Morgan fingerprint density at radius 2 is 1.49 bits per heavy atom. The van der Waals surface area contributed by atoms with Crippen molar-refractivity contribution in [2.24, 2.45) is 0 Å². The summed E-state index contributed by atoms with van der Waals surface area (Å²) >= 11 is 1.26. The summed E-state index contributed by atoms with van der Waals surface area (Å²) in [5.41, 5.74) is 2.49. The van der Waals surface area contributed by atoms with Crippen LogP contribution in [0.3, 0.4) is 0 Å². The number of aliphatic hydroxyl groups excluding tert-OH is 1. The fourth-order valence-electron chi connectivity index (χ4n) is 5.25. The molecule has 0 aliphatic carbocycles. The normalized spacial score (nSPS) is 16.6. The predicted molar refractivity (Wildman–Crippen MR) is 179 cm³/mol. The molecule has 49 heavy (non-hydrogen) atoms. The number of thioether (sulfide) groups is 1. The topological polar surface area (TPSA) is 145 Å². The Morgan fingerprint density at radius 1 is 0.857 bits per heavy atom. The number of aliphatic hydroxyl groups is 1. The molecule has 4 atom stereocenters. The summed E-state index contributed by atoms with van der Waals surface area (Å²) in [5.74, 6) is -3.04. The van der Waals surface area contributed by atoms with Gasteiger partial charge in [-0.25, -0.2) is 13.6 Å². The average Bonchev–Trinajstić information content (AvgIpc) is 3.10. The van der Waals surface area contributed by atoms with E-state index in [0.717, 1.165) is 11.1 Å². The van der Waals surface area contributed by atoms with E-state index >= 15 is 0 Å². The smallest absolute Gasteiger partial charge is 0.326 e. The third-order valence-electron chi connectivity index (χ3n) is 7.79. The Morgan fingerprint density at radius 3 is 2.12 bits per heavy atom. The van der Waals surface area contributed by atoms with Gasteiger partial charge in [0.2, 0.25) is 11.8 Å².